The lowest BCUT2D eigenvalue weighted by Gasteiger charge is -2.07. The van der Waals surface area contributed by atoms with Crippen molar-refractivity contribution in [2.75, 3.05) is 5.88 Å². The average Bonchev–Trinajstić information content (AvgIpc) is 2.47. The minimum absolute atomic E-state index is 0.354. The van der Waals surface area contributed by atoms with Crippen molar-refractivity contribution in [2.24, 2.45) is 0 Å². The summed E-state index contributed by atoms with van der Waals surface area (Å²) in [6.45, 7) is 2.91. The summed E-state index contributed by atoms with van der Waals surface area (Å²) in [6.07, 6.45) is 0. The lowest BCUT2D eigenvalue weighted by Crippen LogP contribution is -2.26. The second-order valence-electron chi connectivity index (χ2n) is 2.64. The molecule has 0 saturated carbocycles. The fourth-order valence-corrected chi connectivity index (χ4v) is 1.92. The van der Waals surface area contributed by atoms with E-state index in [1.807, 2.05) is 12.1 Å². The van der Waals surface area contributed by atoms with E-state index >= 15 is 0 Å². The fraction of sp³-hybridized carbons (Fsp3) is 0.500. The van der Waals surface area contributed by atoms with Gasteiger partial charge in [0.2, 0.25) is 0 Å². The van der Waals surface area contributed by atoms with Gasteiger partial charge < -0.3 is 5.32 Å². The van der Waals surface area contributed by atoms with Crippen LogP contribution in [0.1, 0.15) is 11.8 Å². The number of rotatable bonds is 4. The van der Waals surface area contributed by atoms with Gasteiger partial charge in [0.15, 0.2) is 0 Å². The van der Waals surface area contributed by atoms with Crippen LogP contribution >= 0.6 is 34.5 Å². The SMILES string of the molecule is CC(CCl)NCc1ccc(Cl)s1. The minimum Gasteiger partial charge on any atom is -0.308 e. The van der Waals surface area contributed by atoms with Gasteiger partial charge in [0.05, 0.1) is 4.34 Å². The Hall–Kier alpha value is 0.240. The molecule has 68 valence electrons. The summed E-state index contributed by atoms with van der Waals surface area (Å²) in [7, 11) is 0. The summed E-state index contributed by atoms with van der Waals surface area (Å²) < 4.78 is 0.838. The molecule has 1 rings (SSSR count). The molecule has 1 aromatic heterocycles. The van der Waals surface area contributed by atoms with E-state index in [0.717, 1.165) is 10.9 Å². The molecule has 0 amide bonds. The van der Waals surface area contributed by atoms with Gasteiger partial charge in [-0.2, -0.15) is 0 Å². The van der Waals surface area contributed by atoms with E-state index in [4.69, 9.17) is 23.2 Å². The van der Waals surface area contributed by atoms with Crippen LogP contribution in [0, 0.1) is 0 Å². The Labute approximate surface area is 86.7 Å². The molecule has 4 heteroatoms. The summed E-state index contributed by atoms with van der Waals surface area (Å²) >= 11 is 13.0. The van der Waals surface area contributed by atoms with Crippen LogP contribution in [0.25, 0.3) is 0 Å². The van der Waals surface area contributed by atoms with E-state index < -0.39 is 0 Å². The number of hydrogen-bond donors (Lipinski definition) is 1. The van der Waals surface area contributed by atoms with Crippen LogP contribution in [0.3, 0.4) is 0 Å². The molecule has 0 bridgehead atoms. The zero-order chi connectivity index (χ0) is 8.97. The Morgan fingerprint density at radius 1 is 1.58 bits per heavy atom. The predicted octanol–water partition coefficient (Wildman–Crippen LogP) is 3.12. The average molecular weight is 224 g/mol. The first-order chi connectivity index (χ1) is 5.72. The summed E-state index contributed by atoms with van der Waals surface area (Å²) in [4.78, 5) is 1.25. The maximum Gasteiger partial charge on any atom is 0.0931 e. The quantitative estimate of drug-likeness (QED) is 0.775. The van der Waals surface area contributed by atoms with Gasteiger partial charge in [-0.1, -0.05) is 11.6 Å². The monoisotopic (exact) mass is 223 g/mol. The molecule has 0 aromatic carbocycles. The highest BCUT2D eigenvalue weighted by molar-refractivity contribution is 7.16. The highest BCUT2D eigenvalue weighted by Gasteiger charge is 2.00. The van der Waals surface area contributed by atoms with Gasteiger partial charge in [0.1, 0.15) is 0 Å². The van der Waals surface area contributed by atoms with Gasteiger partial charge in [0, 0.05) is 23.3 Å². The molecule has 12 heavy (non-hydrogen) atoms. The van der Waals surface area contributed by atoms with E-state index in [9.17, 15) is 0 Å². The van der Waals surface area contributed by atoms with Crippen LogP contribution in [0.15, 0.2) is 12.1 Å². The van der Waals surface area contributed by atoms with Crippen molar-refractivity contribution in [1.82, 2.24) is 5.32 Å². The van der Waals surface area contributed by atoms with Crippen LogP contribution in [-0.2, 0) is 6.54 Å². The number of hydrogen-bond acceptors (Lipinski definition) is 2. The molecule has 0 saturated heterocycles. The molecular weight excluding hydrogens is 213 g/mol. The highest BCUT2D eigenvalue weighted by Crippen LogP contribution is 2.21. The zero-order valence-corrected chi connectivity index (χ0v) is 9.14. The third-order valence-electron chi connectivity index (χ3n) is 1.49. The Balaban J connectivity index is 2.33. The van der Waals surface area contributed by atoms with E-state index in [1.54, 1.807) is 11.3 Å². The first-order valence-electron chi connectivity index (χ1n) is 3.76. The van der Waals surface area contributed by atoms with Crippen LogP contribution < -0.4 is 5.32 Å². The third kappa shape index (κ3) is 3.31. The van der Waals surface area contributed by atoms with Gasteiger partial charge in [-0.05, 0) is 19.1 Å². The molecule has 0 aliphatic carbocycles. The van der Waals surface area contributed by atoms with Crippen LogP contribution in [0.5, 0.6) is 0 Å². The second-order valence-corrected chi connectivity index (χ2v) is 4.75. The minimum atomic E-state index is 0.354. The fourth-order valence-electron chi connectivity index (χ4n) is 0.776. The van der Waals surface area contributed by atoms with Gasteiger partial charge in [-0.25, -0.2) is 0 Å². The van der Waals surface area contributed by atoms with Gasteiger partial charge >= 0.3 is 0 Å². The van der Waals surface area contributed by atoms with Crippen molar-refractivity contribution in [3.63, 3.8) is 0 Å². The lowest BCUT2D eigenvalue weighted by atomic mass is 10.3. The molecule has 0 fully saturated rings. The van der Waals surface area contributed by atoms with Crippen LogP contribution in [0.4, 0.5) is 0 Å². The Morgan fingerprint density at radius 2 is 2.33 bits per heavy atom. The van der Waals surface area contributed by atoms with E-state index in [-0.39, 0.29) is 0 Å². The molecule has 1 unspecified atom stereocenters. The molecule has 1 nitrogen and oxygen atoms in total. The molecule has 1 aromatic rings. The predicted molar refractivity (Wildman–Crippen MR) is 56.4 cm³/mol. The molecule has 1 N–H and O–H groups in total. The first-order valence-corrected chi connectivity index (χ1v) is 5.49. The largest absolute Gasteiger partial charge is 0.308 e. The van der Waals surface area contributed by atoms with Gasteiger partial charge in [-0.15, -0.1) is 22.9 Å². The van der Waals surface area contributed by atoms with Crippen molar-refractivity contribution >= 4 is 34.5 Å². The lowest BCUT2D eigenvalue weighted by molar-refractivity contribution is 0.598. The molecule has 1 atom stereocenters. The maximum absolute atomic E-state index is 5.77. The Morgan fingerprint density at radius 3 is 2.83 bits per heavy atom. The molecule has 0 aliphatic heterocycles. The molecule has 1 heterocycles. The van der Waals surface area contributed by atoms with Crippen LogP contribution in [0.2, 0.25) is 4.34 Å². The van der Waals surface area contributed by atoms with Crippen molar-refractivity contribution in [2.45, 2.75) is 19.5 Å². The number of halogens is 2. The topological polar surface area (TPSA) is 12.0 Å². The number of alkyl halides is 1. The normalized spacial score (nSPS) is 13.2. The zero-order valence-electron chi connectivity index (χ0n) is 6.81. The number of nitrogens with one attached hydrogen (secondary N) is 1. The van der Waals surface area contributed by atoms with Crippen molar-refractivity contribution in [3.8, 4) is 0 Å². The summed E-state index contributed by atoms with van der Waals surface area (Å²) in [5, 5.41) is 3.28. The Bertz CT molecular complexity index is 237. The summed E-state index contributed by atoms with van der Waals surface area (Å²) in [6, 6.07) is 4.29. The van der Waals surface area contributed by atoms with Crippen molar-refractivity contribution in [3.05, 3.63) is 21.3 Å². The third-order valence-corrected chi connectivity index (χ3v) is 3.18. The second kappa shape index (κ2) is 5.07. The first kappa shape index (κ1) is 10.3. The van der Waals surface area contributed by atoms with E-state index in [0.29, 0.717) is 11.9 Å². The summed E-state index contributed by atoms with van der Waals surface area (Å²) in [5.74, 6) is 0.638. The molecular formula is C8H11Cl2NS. The van der Waals surface area contributed by atoms with Crippen LogP contribution in [-0.4, -0.2) is 11.9 Å². The van der Waals surface area contributed by atoms with Gasteiger partial charge in [-0.3, -0.25) is 0 Å². The number of thiophene rings is 1. The van der Waals surface area contributed by atoms with E-state index in [1.165, 1.54) is 4.88 Å². The van der Waals surface area contributed by atoms with E-state index in [2.05, 4.69) is 12.2 Å². The molecule has 0 radical (unpaired) electrons. The molecule has 0 aliphatic rings. The standard InChI is InChI=1S/C8H11Cl2NS/c1-6(4-9)11-5-7-2-3-8(10)12-7/h2-3,6,11H,4-5H2,1H3. The van der Waals surface area contributed by atoms with Crippen molar-refractivity contribution in [1.29, 1.82) is 0 Å². The smallest absolute Gasteiger partial charge is 0.0931 e. The maximum atomic E-state index is 5.77. The van der Waals surface area contributed by atoms with Gasteiger partial charge in [0.25, 0.3) is 0 Å². The summed E-state index contributed by atoms with van der Waals surface area (Å²) in [5.41, 5.74) is 0. The highest BCUT2D eigenvalue weighted by atomic mass is 35.5. The molecule has 0 spiro atoms. The Kier molecular flexibility index (Phi) is 4.36. The van der Waals surface area contributed by atoms with Crippen molar-refractivity contribution < 1.29 is 0 Å².